The first-order valence-electron chi connectivity index (χ1n) is 5.57. The van der Waals surface area contributed by atoms with Crippen LogP contribution in [0.3, 0.4) is 0 Å². The number of amides is 1. The molecule has 1 aliphatic rings. The predicted molar refractivity (Wildman–Crippen MR) is 62.8 cm³/mol. The second kappa shape index (κ2) is 5.58. The molecule has 0 bridgehead atoms. The lowest BCUT2D eigenvalue weighted by atomic mass is 10.2. The fraction of sp³-hybridized carbons (Fsp3) is 0.818. The minimum atomic E-state index is -0.569. The van der Waals surface area contributed by atoms with Gasteiger partial charge in [0.25, 0.3) is 0 Å². The van der Waals surface area contributed by atoms with Crippen molar-refractivity contribution in [2.45, 2.75) is 45.3 Å². The molecule has 0 aliphatic carbocycles. The van der Waals surface area contributed by atoms with Gasteiger partial charge in [-0.15, -0.1) is 0 Å². The predicted octanol–water partition coefficient (Wildman–Crippen LogP) is 2.13. The second-order valence-electron chi connectivity index (χ2n) is 4.90. The molecule has 0 aromatic rings. The lowest BCUT2D eigenvalue weighted by Crippen LogP contribution is -2.43. The molecule has 6 heteroatoms. The SMILES string of the molecule is CC(C)(C)OC(=O)N1CCC[C@@H]1C(=O)OCCl. The summed E-state index contributed by atoms with van der Waals surface area (Å²) in [6.45, 7) is 5.87. The van der Waals surface area contributed by atoms with Gasteiger partial charge in [0.15, 0.2) is 6.07 Å². The zero-order chi connectivity index (χ0) is 13.1. The Kier molecular flexibility index (Phi) is 4.62. The molecule has 0 spiro atoms. The molecule has 5 nitrogen and oxygen atoms in total. The summed E-state index contributed by atoms with van der Waals surface area (Å²) >= 11 is 5.33. The lowest BCUT2D eigenvalue weighted by Gasteiger charge is -2.27. The number of alkyl halides is 1. The van der Waals surface area contributed by atoms with Crippen molar-refractivity contribution in [1.29, 1.82) is 0 Å². The fourth-order valence-corrected chi connectivity index (χ4v) is 1.81. The monoisotopic (exact) mass is 263 g/mol. The van der Waals surface area contributed by atoms with E-state index in [9.17, 15) is 9.59 Å². The van der Waals surface area contributed by atoms with Gasteiger partial charge in [0.2, 0.25) is 0 Å². The Hall–Kier alpha value is -0.970. The first kappa shape index (κ1) is 14.1. The van der Waals surface area contributed by atoms with E-state index < -0.39 is 23.7 Å². The lowest BCUT2D eigenvalue weighted by molar-refractivity contribution is -0.146. The third-order valence-electron chi connectivity index (χ3n) is 2.35. The van der Waals surface area contributed by atoms with Crippen LogP contribution in [0, 0.1) is 0 Å². The maximum Gasteiger partial charge on any atom is 0.411 e. The van der Waals surface area contributed by atoms with Gasteiger partial charge in [-0.2, -0.15) is 0 Å². The molecule has 0 aromatic heterocycles. The number of halogens is 1. The van der Waals surface area contributed by atoms with E-state index in [1.54, 1.807) is 20.8 Å². The Morgan fingerprint density at radius 3 is 2.59 bits per heavy atom. The van der Waals surface area contributed by atoms with Crippen LogP contribution in [0.1, 0.15) is 33.6 Å². The molecule has 1 aliphatic heterocycles. The number of esters is 1. The van der Waals surface area contributed by atoms with Crippen LogP contribution in [0.2, 0.25) is 0 Å². The maximum atomic E-state index is 11.8. The summed E-state index contributed by atoms with van der Waals surface area (Å²) in [6, 6.07) is -0.763. The van der Waals surface area contributed by atoms with Gasteiger partial charge in [-0.05, 0) is 33.6 Å². The van der Waals surface area contributed by atoms with Gasteiger partial charge in [0.05, 0.1) is 0 Å². The van der Waals surface area contributed by atoms with Gasteiger partial charge in [-0.1, -0.05) is 11.6 Å². The molecule has 17 heavy (non-hydrogen) atoms. The highest BCUT2D eigenvalue weighted by atomic mass is 35.5. The molecule has 0 radical (unpaired) electrons. The van der Waals surface area contributed by atoms with E-state index in [0.29, 0.717) is 13.0 Å². The molecular weight excluding hydrogens is 246 g/mol. The number of ether oxygens (including phenoxy) is 2. The van der Waals surface area contributed by atoms with Crippen molar-refractivity contribution in [2.24, 2.45) is 0 Å². The summed E-state index contributed by atoms with van der Waals surface area (Å²) in [6.07, 6.45) is 0.877. The highest BCUT2D eigenvalue weighted by molar-refractivity contribution is 6.17. The molecule has 1 heterocycles. The molecule has 1 saturated heterocycles. The number of carbonyl (C=O) groups is 2. The van der Waals surface area contributed by atoms with Crippen molar-refractivity contribution >= 4 is 23.7 Å². The van der Waals surface area contributed by atoms with Crippen LogP contribution >= 0.6 is 11.6 Å². The average molecular weight is 264 g/mol. The molecule has 98 valence electrons. The zero-order valence-corrected chi connectivity index (χ0v) is 11.1. The third-order valence-corrected chi connectivity index (χ3v) is 2.46. The number of likely N-dealkylation sites (tertiary alicyclic amines) is 1. The van der Waals surface area contributed by atoms with E-state index in [4.69, 9.17) is 21.1 Å². The van der Waals surface area contributed by atoms with Crippen LogP contribution in [0.25, 0.3) is 0 Å². The Balaban J connectivity index is 2.63. The first-order valence-corrected chi connectivity index (χ1v) is 6.11. The van der Waals surface area contributed by atoms with E-state index in [-0.39, 0.29) is 6.07 Å². The molecule has 0 unspecified atom stereocenters. The van der Waals surface area contributed by atoms with Crippen LogP contribution in [0.5, 0.6) is 0 Å². The minimum Gasteiger partial charge on any atom is -0.448 e. The van der Waals surface area contributed by atoms with Gasteiger partial charge >= 0.3 is 12.1 Å². The summed E-state index contributed by atoms with van der Waals surface area (Å²) in [4.78, 5) is 24.8. The van der Waals surface area contributed by atoms with E-state index in [2.05, 4.69) is 0 Å². The summed E-state index contributed by atoms with van der Waals surface area (Å²) in [5, 5.41) is 0. The number of rotatable bonds is 2. The minimum absolute atomic E-state index is 0.197. The standard InChI is InChI=1S/C11H18ClNO4/c1-11(2,3)17-10(15)13-6-4-5-8(13)9(14)16-7-12/h8H,4-7H2,1-3H3/t8-/m1/s1. The number of hydrogen-bond acceptors (Lipinski definition) is 4. The molecule has 0 saturated carbocycles. The summed E-state index contributed by atoms with van der Waals surface area (Å²) in [7, 11) is 0. The average Bonchev–Trinajstić information content (AvgIpc) is 2.63. The van der Waals surface area contributed by atoms with Gasteiger partial charge in [-0.25, -0.2) is 9.59 Å². The third kappa shape index (κ3) is 4.07. The van der Waals surface area contributed by atoms with Crippen molar-refractivity contribution < 1.29 is 19.1 Å². The zero-order valence-electron chi connectivity index (χ0n) is 10.4. The Bertz CT molecular complexity index is 300. The van der Waals surface area contributed by atoms with Crippen LogP contribution in [0.4, 0.5) is 4.79 Å². The van der Waals surface area contributed by atoms with Crippen LogP contribution in [0.15, 0.2) is 0 Å². The molecule has 0 aromatic carbocycles. The molecule has 0 N–H and O–H groups in total. The largest absolute Gasteiger partial charge is 0.448 e. The summed E-state index contributed by atoms with van der Waals surface area (Å²) in [5.41, 5.74) is -0.569. The number of nitrogens with zero attached hydrogens (tertiary/aromatic N) is 1. The maximum absolute atomic E-state index is 11.8. The van der Waals surface area contributed by atoms with E-state index in [1.165, 1.54) is 4.90 Å². The summed E-state index contributed by atoms with van der Waals surface area (Å²) in [5.74, 6) is -0.469. The van der Waals surface area contributed by atoms with Gasteiger partial charge in [-0.3, -0.25) is 4.90 Å². The quantitative estimate of drug-likeness (QED) is 0.566. The fourth-order valence-electron chi connectivity index (χ4n) is 1.70. The Labute approximate surface area is 106 Å². The van der Waals surface area contributed by atoms with Crippen molar-refractivity contribution in [3.05, 3.63) is 0 Å². The van der Waals surface area contributed by atoms with Gasteiger partial charge in [0, 0.05) is 6.54 Å². The van der Waals surface area contributed by atoms with Crippen LogP contribution in [-0.4, -0.2) is 41.2 Å². The number of carbonyl (C=O) groups excluding carboxylic acids is 2. The van der Waals surface area contributed by atoms with Crippen molar-refractivity contribution in [3.63, 3.8) is 0 Å². The van der Waals surface area contributed by atoms with E-state index in [1.807, 2.05) is 0 Å². The topological polar surface area (TPSA) is 55.8 Å². The van der Waals surface area contributed by atoms with Crippen LogP contribution < -0.4 is 0 Å². The molecule has 1 amide bonds. The normalized spacial score (nSPS) is 20.2. The Morgan fingerprint density at radius 2 is 2.06 bits per heavy atom. The van der Waals surface area contributed by atoms with Crippen molar-refractivity contribution in [2.75, 3.05) is 12.6 Å². The molecule has 1 atom stereocenters. The Morgan fingerprint density at radius 1 is 1.41 bits per heavy atom. The summed E-state index contributed by atoms with van der Waals surface area (Å²) < 4.78 is 9.94. The molecular formula is C11H18ClNO4. The second-order valence-corrected chi connectivity index (χ2v) is 5.12. The van der Waals surface area contributed by atoms with E-state index >= 15 is 0 Å². The highest BCUT2D eigenvalue weighted by Crippen LogP contribution is 2.21. The molecule has 1 fully saturated rings. The van der Waals surface area contributed by atoms with Gasteiger partial charge in [0.1, 0.15) is 11.6 Å². The first-order chi connectivity index (χ1) is 7.85. The highest BCUT2D eigenvalue weighted by Gasteiger charge is 2.37. The van der Waals surface area contributed by atoms with Crippen molar-refractivity contribution in [3.8, 4) is 0 Å². The van der Waals surface area contributed by atoms with Crippen molar-refractivity contribution in [1.82, 2.24) is 4.90 Å². The number of hydrogen-bond donors (Lipinski definition) is 0. The molecule has 1 rings (SSSR count). The smallest absolute Gasteiger partial charge is 0.411 e. The van der Waals surface area contributed by atoms with Gasteiger partial charge < -0.3 is 9.47 Å². The van der Waals surface area contributed by atoms with Crippen LogP contribution in [-0.2, 0) is 14.3 Å². The van der Waals surface area contributed by atoms with E-state index in [0.717, 1.165) is 6.42 Å².